The molecule has 1 aliphatic heterocycles. The van der Waals surface area contributed by atoms with E-state index < -0.39 is 0 Å². The van der Waals surface area contributed by atoms with Crippen LogP contribution in [-0.4, -0.2) is 136 Å². The molecule has 0 saturated carbocycles. The van der Waals surface area contributed by atoms with Gasteiger partial charge in [-0.25, -0.2) is 0 Å². The fraction of sp³-hybridized carbons (Fsp3) is 0.667. The Labute approximate surface area is 204 Å². The molecule has 2 N–H and O–H groups in total. The van der Waals surface area contributed by atoms with Crippen molar-refractivity contribution in [2.75, 3.05) is 91.6 Å². The number of hydrogen-bond acceptors (Lipinski definition) is 8. The Morgan fingerprint density at radius 3 is 1.32 bits per heavy atom. The lowest BCUT2D eigenvalue weighted by molar-refractivity contribution is -0.123. The van der Waals surface area contributed by atoms with Crippen LogP contribution in [0.15, 0.2) is 25.3 Å². The van der Waals surface area contributed by atoms with E-state index in [0.717, 1.165) is 38.5 Å². The Bertz CT molecular complexity index is 591. The van der Waals surface area contributed by atoms with Gasteiger partial charge in [-0.1, -0.05) is 12.2 Å². The number of carbonyl (C=O) groups excluding carboxylic acids is 4. The van der Waals surface area contributed by atoms with Crippen molar-refractivity contribution in [3.63, 3.8) is 0 Å². The minimum absolute atomic E-state index is 0.0643. The molecular formula is C24H42N6O4. The first-order valence-electron chi connectivity index (χ1n) is 12.0. The summed E-state index contributed by atoms with van der Waals surface area (Å²) in [6, 6.07) is 0. The van der Waals surface area contributed by atoms with Gasteiger partial charge >= 0.3 is 0 Å². The average molecular weight is 479 g/mol. The van der Waals surface area contributed by atoms with E-state index in [2.05, 4.69) is 43.4 Å². The van der Waals surface area contributed by atoms with Crippen molar-refractivity contribution < 1.29 is 19.2 Å². The lowest BCUT2D eigenvalue weighted by atomic mass is 10.2. The van der Waals surface area contributed by atoms with Gasteiger partial charge in [-0.2, -0.15) is 0 Å². The Hall–Kier alpha value is -2.40. The lowest BCUT2D eigenvalue weighted by Gasteiger charge is -2.30. The molecule has 2 amide bonds. The zero-order valence-electron chi connectivity index (χ0n) is 20.5. The smallest absolute Gasteiger partial charge is 0.234 e. The highest BCUT2D eigenvalue weighted by Crippen LogP contribution is 2.02. The van der Waals surface area contributed by atoms with Gasteiger partial charge in [0, 0.05) is 39.3 Å². The van der Waals surface area contributed by atoms with Crippen LogP contribution in [0.4, 0.5) is 0 Å². The highest BCUT2D eigenvalue weighted by molar-refractivity contribution is 5.78. The molecule has 1 saturated heterocycles. The topological polar surface area (TPSA) is 105 Å². The van der Waals surface area contributed by atoms with Crippen molar-refractivity contribution in [2.24, 2.45) is 0 Å². The number of aldehydes is 2. The Balaban J connectivity index is 2.88. The van der Waals surface area contributed by atoms with Crippen molar-refractivity contribution in [3.8, 4) is 0 Å². The number of hydrogen-bond donors (Lipinski definition) is 2. The number of nitrogens with one attached hydrogen (secondary N) is 2. The van der Waals surface area contributed by atoms with E-state index >= 15 is 0 Å². The summed E-state index contributed by atoms with van der Waals surface area (Å²) in [6.45, 7) is 14.9. The van der Waals surface area contributed by atoms with Gasteiger partial charge in [-0.3, -0.25) is 29.2 Å². The van der Waals surface area contributed by atoms with Crippen LogP contribution in [0.1, 0.15) is 12.8 Å². The van der Waals surface area contributed by atoms with Crippen LogP contribution in [0, 0.1) is 0 Å². The highest BCUT2D eigenvalue weighted by Gasteiger charge is 2.17. The van der Waals surface area contributed by atoms with E-state index in [1.807, 2.05) is 0 Å². The first-order valence-corrected chi connectivity index (χ1v) is 12.0. The molecule has 0 aromatic carbocycles. The molecule has 34 heavy (non-hydrogen) atoms. The maximum absolute atomic E-state index is 12.3. The Kier molecular flexibility index (Phi) is 16.5. The summed E-state index contributed by atoms with van der Waals surface area (Å²) in [5, 5.41) is 5.64. The predicted molar refractivity (Wildman–Crippen MR) is 134 cm³/mol. The second kappa shape index (κ2) is 19.0. The van der Waals surface area contributed by atoms with Crippen LogP contribution >= 0.6 is 0 Å². The van der Waals surface area contributed by atoms with Crippen molar-refractivity contribution >= 4 is 24.4 Å². The molecule has 1 fully saturated rings. The van der Waals surface area contributed by atoms with Crippen LogP contribution in [0.3, 0.4) is 0 Å². The average Bonchev–Trinajstić information content (AvgIpc) is 2.82. The van der Waals surface area contributed by atoms with Gasteiger partial charge in [0.15, 0.2) is 0 Å². The number of carbonyl (C=O) groups is 4. The van der Waals surface area contributed by atoms with Crippen LogP contribution in [0.5, 0.6) is 0 Å². The molecule has 0 aromatic rings. The normalized spacial score (nSPS) is 18.4. The Morgan fingerprint density at radius 2 is 0.971 bits per heavy atom. The van der Waals surface area contributed by atoms with Crippen LogP contribution in [-0.2, 0) is 19.2 Å². The number of amides is 2. The van der Waals surface area contributed by atoms with E-state index in [1.54, 1.807) is 12.2 Å². The second-order valence-electron chi connectivity index (χ2n) is 8.38. The second-order valence-corrected chi connectivity index (χ2v) is 8.38. The molecule has 0 aromatic heterocycles. The van der Waals surface area contributed by atoms with Gasteiger partial charge in [0.25, 0.3) is 0 Å². The molecule has 0 aliphatic carbocycles. The van der Waals surface area contributed by atoms with E-state index in [4.69, 9.17) is 0 Å². The summed E-state index contributed by atoms with van der Waals surface area (Å²) in [4.78, 5) is 55.2. The first kappa shape index (κ1) is 29.6. The van der Waals surface area contributed by atoms with Crippen LogP contribution in [0.2, 0.25) is 0 Å². The molecule has 192 valence electrons. The van der Waals surface area contributed by atoms with Gasteiger partial charge < -0.3 is 20.2 Å². The van der Waals surface area contributed by atoms with E-state index in [1.165, 1.54) is 0 Å². The summed E-state index contributed by atoms with van der Waals surface area (Å²) in [5.41, 5.74) is 0. The molecule has 0 unspecified atom stereocenters. The predicted octanol–water partition coefficient (Wildman–Crippen LogP) is -1.01. The number of nitrogens with zero attached hydrogens (tertiary/aromatic N) is 4. The third-order valence-electron chi connectivity index (χ3n) is 5.65. The van der Waals surface area contributed by atoms with Gasteiger partial charge in [0.2, 0.25) is 11.8 Å². The third kappa shape index (κ3) is 14.0. The minimum Gasteiger partial charge on any atom is -0.352 e. The molecule has 0 spiro atoms. The summed E-state index contributed by atoms with van der Waals surface area (Å²) >= 11 is 0. The fourth-order valence-corrected chi connectivity index (χ4v) is 3.83. The van der Waals surface area contributed by atoms with Crippen molar-refractivity contribution in [1.29, 1.82) is 0 Å². The Morgan fingerprint density at radius 1 is 0.618 bits per heavy atom. The molecule has 0 bridgehead atoms. The van der Waals surface area contributed by atoms with Gasteiger partial charge in [-0.15, -0.1) is 13.2 Å². The van der Waals surface area contributed by atoms with Crippen LogP contribution in [0.25, 0.3) is 0 Å². The fourth-order valence-electron chi connectivity index (χ4n) is 3.83. The third-order valence-corrected chi connectivity index (χ3v) is 5.65. The summed E-state index contributed by atoms with van der Waals surface area (Å²) in [5.74, 6) is -0.129. The van der Waals surface area contributed by atoms with Gasteiger partial charge in [0.1, 0.15) is 12.6 Å². The summed E-state index contributed by atoms with van der Waals surface area (Å²) in [7, 11) is 0. The minimum atomic E-state index is -0.0643. The van der Waals surface area contributed by atoms with Crippen LogP contribution < -0.4 is 10.6 Å². The monoisotopic (exact) mass is 478 g/mol. The molecule has 0 atom stereocenters. The number of rotatable bonds is 12. The SMILES string of the molecule is C=CCNC(=O)CN1CCCN(CC=O)CCN(CC=O)CCCN(CC(=O)NCC=C)CC1. The van der Waals surface area contributed by atoms with Gasteiger partial charge in [-0.05, 0) is 39.0 Å². The van der Waals surface area contributed by atoms with Crippen molar-refractivity contribution in [3.05, 3.63) is 25.3 Å². The zero-order valence-corrected chi connectivity index (χ0v) is 20.5. The molecule has 1 heterocycles. The van der Waals surface area contributed by atoms with E-state index in [0.29, 0.717) is 65.4 Å². The molecule has 0 radical (unpaired) electrons. The maximum atomic E-state index is 12.3. The molecule has 1 rings (SSSR count). The van der Waals surface area contributed by atoms with Crippen molar-refractivity contribution in [2.45, 2.75) is 12.8 Å². The highest BCUT2D eigenvalue weighted by atomic mass is 16.2. The quantitative estimate of drug-likeness (QED) is 0.272. The summed E-state index contributed by atoms with van der Waals surface area (Å²) < 4.78 is 0. The largest absolute Gasteiger partial charge is 0.352 e. The van der Waals surface area contributed by atoms with Crippen molar-refractivity contribution in [1.82, 2.24) is 30.2 Å². The standard InChI is InChI=1S/C24H42N6O4/c1-3-7-25-23(33)21-29-11-5-9-27(17-19-31)13-14-28(18-20-32)10-6-12-30(16-15-29)22-24(34)26-8-4-2/h3-4,19-20H,1-2,5-18,21-22H2,(H,25,33)(H,26,34). The maximum Gasteiger partial charge on any atom is 0.234 e. The van der Waals surface area contributed by atoms with E-state index in [-0.39, 0.29) is 24.9 Å². The van der Waals surface area contributed by atoms with Gasteiger partial charge in [0.05, 0.1) is 26.2 Å². The summed E-state index contributed by atoms with van der Waals surface area (Å²) in [6.07, 6.45) is 6.71. The molecule has 1 aliphatic rings. The molecule has 10 heteroatoms. The lowest BCUT2D eigenvalue weighted by Crippen LogP contribution is -2.46. The molecular weight excluding hydrogens is 436 g/mol. The van der Waals surface area contributed by atoms with E-state index in [9.17, 15) is 19.2 Å². The molecule has 10 nitrogen and oxygen atoms in total. The zero-order chi connectivity index (χ0) is 25.0. The first-order chi connectivity index (χ1) is 16.5.